The number of nitrogens with zero attached hydrogens (tertiary/aromatic N) is 2. The van der Waals surface area contributed by atoms with E-state index in [2.05, 4.69) is 18.4 Å². The minimum absolute atomic E-state index is 0.0264. The Morgan fingerprint density at radius 3 is 2.62 bits per heavy atom. The van der Waals surface area contributed by atoms with Crippen LogP contribution in [-0.4, -0.2) is 26.8 Å². The average Bonchev–Trinajstić information content (AvgIpc) is 2.98. The lowest BCUT2D eigenvalue weighted by Gasteiger charge is -2.30. The third-order valence-electron chi connectivity index (χ3n) is 4.24. The standard InChI is InChI=1S/C19H24Cl2N2O/c1-4-14(2)23(19(24)15(3)20)13-18-9-6-10-22(18)12-16-7-5-8-17(21)11-16/h5-11,14-15H,4,12-13H2,1-3H3/t14-,15+/m1/s1. The number of aromatic nitrogens is 1. The maximum absolute atomic E-state index is 12.5. The fraction of sp³-hybridized carbons (Fsp3) is 0.421. The molecule has 0 spiro atoms. The molecule has 0 aliphatic rings. The Bertz CT molecular complexity index is 682. The Morgan fingerprint density at radius 2 is 2.00 bits per heavy atom. The van der Waals surface area contributed by atoms with Gasteiger partial charge in [0.15, 0.2) is 0 Å². The zero-order valence-corrected chi connectivity index (χ0v) is 15.9. The van der Waals surface area contributed by atoms with Crippen LogP contribution in [-0.2, 0) is 17.9 Å². The maximum Gasteiger partial charge on any atom is 0.240 e. The summed E-state index contributed by atoms with van der Waals surface area (Å²) in [5.74, 6) is -0.0264. The van der Waals surface area contributed by atoms with E-state index in [0.29, 0.717) is 6.54 Å². The summed E-state index contributed by atoms with van der Waals surface area (Å²) >= 11 is 12.1. The lowest BCUT2D eigenvalue weighted by atomic mass is 10.2. The SMILES string of the molecule is CC[C@@H](C)N(Cc1cccn1Cc1cccc(Cl)c1)C(=O)[C@H](C)Cl. The van der Waals surface area contributed by atoms with Crippen LogP contribution in [0.4, 0.5) is 0 Å². The van der Waals surface area contributed by atoms with Gasteiger partial charge in [-0.1, -0.05) is 30.7 Å². The number of rotatable bonds is 7. The number of halogens is 2. The largest absolute Gasteiger partial charge is 0.345 e. The molecule has 0 bridgehead atoms. The van der Waals surface area contributed by atoms with Crippen LogP contribution in [0.5, 0.6) is 0 Å². The lowest BCUT2D eigenvalue weighted by Crippen LogP contribution is -2.41. The van der Waals surface area contributed by atoms with Crippen molar-refractivity contribution in [3.63, 3.8) is 0 Å². The van der Waals surface area contributed by atoms with Crippen LogP contribution in [0.1, 0.15) is 38.4 Å². The van der Waals surface area contributed by atoms with Gasteiger partial charge >= 0.3 is 0 Å². The molecule has 1 aromatic heterocycles. The second kappa shape index (κ2) is 8.59. The molecule has 0 radical (unpaired) electrons. The minimum atomic E-state index is -0.518. The van der Waals surface area contributed by atoms with Gasteiger partial charge in [-0.15, -0.1) is 11.6 Å². The van der Waals surface area contributed by atoms with Gasteiger partial charge in [0.2, 0.25) is 5.91 Å². The van der Waals surface area contributed by atoms with Crippen LogP contribution in [0.2, 0.25) is 5.02 Å². The average molecular weight is 367 g/mol. The van der Waals surface area contributed by atoms with E-state index in [1.165, 1.54) is 0 Å². The first-order valence-electron chi connectivity index (χ1n) is 8.25. The van der Waals surface area contributed by atoms with Gasteiger partial charge in [0.25, 0.3) is 0 Å². The number of alkyl halides is 1. The monoisotopic (exact) mass is 366 g/mol. The van der Waals surface area contributed by atoms with E-state index in [0.717, 1.165) is 29.2 Å². The van der Waals surface area contributed by atoms with Crippen LogP contribution < -0.4 is 0 Å². The molecule has 0 unspecified atom stereocenters. The highest BCUT2D eigenvalue weighted by atomic mass is 35.5. The second-order valence-corrected chi connectivity index (χ2v) is 7.19. The minimum Gasteiger partial charge on any atom is -0.345 e. The van der Waals surface area contributed by atoms with Gasteiger partial charge in [0, 0.05) is 29.5 Å². The van der Waals surface area contributed by atoms with Crippen LogP contribution >= 0.6 is 23.2 Å². The Balaban J connectivity index is 2.20. The van der Waals surface area contributed by atoms with Gasteiger partial charge in [-0.3, -0.25) is 4.79 Å². The molecular formula is C19H24Cl2N2O. The van der Waals surface area contributed by atoms with E-state index in [4.69, 9.17) is 23.2 Å². The van der Waals surface area contributed by atoms with Crippen LogP contribution in [0.15, 0.2) is 42.6 Å². The smallest absolute Gasteiger partial charge is 0.240 e. The number of hydrogen-bond acceptors (Lipinski definition) is 1. The predicted octanol–water partition coefficient (Wildman–Crippen LogP) is 4.94. The fourth-order valence-corrected chi connectivity index (χ4v) is 2.99. The first-order valence-corrected chi connectivity index (χ1v) is 9.06. The van der Waals surface area contributed by atoms with E-state index in [9.17, 15) is 4.79 Å². The molecule has 0 fully saturated rings. The quantitative estimate of drug-likeness (QED) is 0.636. The summed E-state index contributed by atoms with van der Waals surface area (Å²) < 4.78 is 2.15. The molecule has 0 aliphatic carbocycles. The van der Waals surface area contributed by atoms with Gasteiger partial charge < -0.3 is 9.47 Å². The van der Waals surface area contributed by atoms with Gasteiger partial charge in [0.1, 0.15) is 5.38 Å². The fourth-order valence-electron chi connectivity index (χ4n) is 2.65. The molecule has 5 heteroatoms. The first-order chi connectivity index (χ1) is 11.4. The third kappa shape index (κ3) is 4.78. The summed E-state index contributed by atoms with van der Waals surface area (Å²) in [7, 11) is 0. The van der Waals surface area contributed by atoms with E-state index < -0.39 is 5.38 Å². The van der Waals surface area contributed by atoms with Crippen molar-refractivity contribution < 1.29 is 4.79 Å². The number of benzene rings is 1. The van der Waals surface area contributed by atoms with Crippen molar-refractivity contribution in [3.8, 4) is 0 Å². The van der Waals surface area contributed by atoms with Crippen LogP contribution in [0, 0.1) is 0 Å². The molecule has 2 rings (SSSR count). The van der Waals surface area contributed by atoms with Gasteiger partial charge in [-0.2, -0.15) is 0 Å². The molecule has 24 heavy (non-hydrogen) atoms. The van der Waals surface area contributed by atoms with Crippen molar-refractivity contribution in [3.05, 3.63) is 58.9 Å². The summed E-state index contributed by atoms with van der Waals surface area (Å²) in [5, 5.41) is 0.212. The van der Waals surface area contributed by atoms with Crippen molar-refractivity contribution in [2.24, 2.45) is 0 Å². The molecule has 1 aromatic carbocycles. The molecule has 0 N–H and O–H groups in total. The van der Waals surface area contributed by atoms with Crippen molar-refractivity contribution in [1.82, 2.24) is 9.47 Å². The number of carbonyl (C=O) groups is 1. The molecule has 1 heterocycles. The highest BCUT2D eigenvalue weighted by molar-refractivity contribution is 6.30. The van der Waals surface area contributed by atoms with Crippen molar-refractivity contribution >= 4 is 29.1 Å². The van der Waals surface area contributed by atoms with E-state index >= 15 is 0 Å². The number of carbonyl (C=O) groups excluding carboxylic acids is 1. The first kappa shape index (κ1) is 18.9. The van der Waals surface area contributed by atoms with Gasteiger partial charge in [0.05, 0.1) is 6.54 Å². The van der Waals surface area contributed by atoms with Crippen LogP contribution in [0.3, 0.4) is 0 Å². The summed E-state index contributed by atoms with van der Waals surface area (Å²) in [6.45, 7) is 7.14. The molecule has 130 valence electrons. The third-order valence-corrected chi connectivity index (χ3v) is 4.67. The summed E-state index contributed by atoms with van der Waals surface area (Å²) in [5.41, 5.74) is 2.22. The molecule has 2 aromatic rings. The highest BCUT2D eigenvalue weighted by Gasteiger charge is 2.23. The number of amides is 1. The maximum atomic E-state index is 12.5. The summed E-state index contributed by atoms with van der Waals surface area (Å²) in [6.07, 6.45) is 2.92. The zero-order valence-electron chi connectivity index (χ0n) is 14.4. The molecular weight excluding hydrogens is 343 g/mol. The Hall–Kier alpha value is -1.45. The van der Waals surface area contributed by atoms with E-state index in [1.807, 2.05) is 47.5 Å². The Labute approximate surface area is 154 Å². The summed E-state index contributed by atoms with van der Waals surface area (Å²) in [6, 6.07) is 12.0. The van der Waals surface area contributed by atoms with E-state index in [1.54, 1.807) is 6.92 Å². The Kier molecular flexibility index (Phi) is 6.76. The Morgan fingerprint density at radius 1 is 1.25 bits per heavy atom. The summed E-state index contributed by atoms with van der Waals surface area (Å²) in [4.78, 5) is 14.3. The second-order valence-electron chi connectivity index (χ2n) is 6.10. The highest BCUT2D eigenvalue weighted by Crippen LogP contribution is 2.17. The number of hydrogen-bond donors (Lipinski definition) is 0. The van der Waals surface area contributed by atoms with E-state index in [-0.39, 0.29) is 11.9 Å². The predicted molar refractivity (Wildman–Crippen MR) is 101 cm³/mol. The topological polar surface area (TPSA) is 25.2 Å². The molecule has 0 saturated heterocycles. The lowest BCUT2D eigenvalue weighted by molar-refractivity contribution is -0.133. The van der Waals surface area contributed by atoms with Crippen molar-refractivity contribution in [1.29, 1.82) is 0 Å². The van der Waals surface area contributed by atoms with Gasteiger partial charge in [-0.05, 0) is 50.1 Å². The zero-order chi connectivity index (χ0) is 17.7. The van der Waals surface area contributed by atoms with Crippen LogP contribution in [0.25, 0.3) is 0 Å². The van der Waals surface area contributed by atoms with Crippen molar-refractivity contribution in [2.75, 3.05) is 0 Å². The van der Waals surface area contributed by atoms with Crippen molar-refractivity contribution in [2.45, 2.75) is 51.7 Å². The molecule has 0 aliphatic heterocycles. The molecule has 3 nitrogen and oxygen atoms in total. The van der Waals surface area contributed by atoms with Gasteiger partial charge in [-0.25, -0.2) is 0 Å². The molecule has 0 saturated carbocycles. The normalized spacial score (nSPS) is 13.5. The molecule has 2 atom stereocenters. The molecule has 1 amide bonds.